The summed E-state index contributed by atoms with van der Waals surface area (Å²) in [4.78, 5) is 29.0. The molecule has 17 heteroatoms. The zero-order chi connectivity index (χ0) is 29.9. The first-order chi connectivity index (χ1) is 19.2. The molecule has 4 N–H and O–H groups in total. The van der Waals surface area contributed by atoms with Crippen LogP contribution in [0.5, 0.6) is 0 Å². The van der Waals surface area contributed by atoms with Crippen molar-refractivity contribution in [3.05, 3.63) is 56.5 Å². The Balaban J connectivity index is 1.51. The molecule has 6 nitrogen and oxygen atoms in total. The Labute approximate surface area is 257 Å². The number of alkyl halides is 6. The highest BCUT2D eigenvalue weighted by Crippen LogP contribution is 2.48. The van der Waals surface area contributed by atoms with Gasteiger partial charge in [-0.05, 0) is 79.6 Å². The highest BCUT2D eigenvalue weighted by Gasteiger charge is 2.39. The van der Waals surface area contributed by atoms with E-state index in [1.807, 2.05) is 34.9 Å². The second kappa shape index (κ2) is 13.1. The fraction of sp³-hybridized carbons (Fsp3) is 0.250. The molecule has 0 aliphatic rings. The number of fused-ring (bicyclic) bond motifs is 2. The van der Waals surface area contributed by atoms with Gasteiger partial charge in [-0.2, -0.15) is 26.3 Å². The molecule has 0 spiro atoms. The van der Waals surface area contributed by atoms with Gasteiger partial charge in [-0.25, -0.2) is 0 Å². The summed E-state index contributed by atoms with van der Waals surface area (Å²) in [6.45, 7) is -0.450. The fourth-order valence-corrected chi connectivity index (χ4v) is 8.65. The summed E-state index contributed by atoms with van der Waals surface area (Å²) < 4.78 is 77.3. The van der Waals surface area contributed by atoms with E-state index in [0.717, 1.165) is 41.9 Å². The van der Waals surface area contributed by atoms with Crippen molar-refractivity contribution < 1.29 is 35.9 Å². The van der Waals surface area contributed by atoms with Gasteiger partial charge in [-0.1, -0.05) is 44.0 Å². The van der Waals surface area contributed by atoms with Crippen molar-refractivity contribution >= 4 is 96.9 Å². The minimum absolute atomic E-state index is 0.140. The molecule has 0 atom stereocenters. The van der Waals surface area contributed by atoms with Crippen molar-refractivity contribution in [1.29, 1.82) is 0 Å². The highest BCUT2D eigenvalue weighted by molar-refractivity contribution is 9.11. The van der Waals surface area contributed by atoms with E-state index in [0.29, 0.717) is 10.1 Å². The summed E-state index contributed by atoms with van der Waals surface area (Å²) in [6, 6.07) is 10.9. The number of benzene rings is 2. The maximum atomic E-state index is 12.6. The van der Waals surface area contributed by atoms with Crippen molar-refractivity contribution in [3.63, 3.8) is 0 Å². The third kappa shape index (κ3) is 8.12. The molecule has 2 aromatic carbocycles. The molecule has 2 amide bonds. The molecule has 0 saturated heterocycles. The highest BCUT2D eigenvalue weighted by atomic mass is 79.9. The molecule has 41 heavy (non-hydrogen) atoms. The predicted octanol–water partition coefficient (Wildman–Crippen LogP) is 8.06. The summed E-state index contributed by atoms with van der Waals surface area (Å²) in [6.07, 6.45) is -9.67. The number of carbonyl (C=O) groups excluding carboxylic acids is 2. The summed E-state index contributed by atoms with van der Waals surface area (Å²) in [7, 11) is 3.96. The van der Waals surface area contributed by atoms with Crippen molar-refractivity contribution in [3.8, 4) is 0 Å². The maximum absolute atomic E-state index is 12.6. The Morgan fingerprint density at radius 1 is 0.707 bits per heavy atom. The van der Waals surface area contributed by atoms with Gasteiger partial charge in [-0.3, -0.25) is 9.59 Å². The van der Waals surface area contributed by atoms with Crippen molar-refractivity contribution in [1.82, 2.24) is 20.6 Å². The van der Waals surface area contributed by atoms with Crippen LogP contribution in [-0.2, 0) is 22.4 Å². The molecule has 0 saturated carbocycles. The SMILES string of the molecule is O=C(NCCc1c(SSSc2[nH]c3cc(Br)ccc3c2CCNC(=O)C(F)(F)F)[nH]c2cc(Br)ccc12)C(F)(F)F. The number of H-pyrrole nitrogens is 2. The van der Waals surface area contributed by atoms with Crippen LogP contribution < -0.4 is 10.6 Å². The number of nitrogens with one attached hydrogen (secondary N) is 4. The van der Waals surface area contributed by atoms with E-state index in [1.165, 1.54) is 31.4 Å². The fourth-order valence-electron chi connectivity index (χ4n) is 3.93. The van der Waals surface area contributed by atoms with Crippen LogP contribution in [0.3, 0.4) is 0 Å². The molecule has 4 aromatic rings. The van der Waals surface area contributed by atoms with Crippen LogP contribution in [0.25, 0.3) is 21.8 Å². The maximum Gasteiger partial charge on any atom is 0.471 e. The van der Waals surface area contributed by atoms with Gasteiger partial charge in [0.05, 0.1) is 10.1 Å². The number of carbonyl (C=O) groups is 2. The molecule has 0 radical (unpaired) electrons. The molecular formula is C24H18Br2F6N4O2S3. The van der Waals surface area contributed by atoms with Crippen LogP contribution in [0.4, 0.5) is 26.3 Å². The van der Waals surface area contributed by atoms with E-state index in [1.54, 1.807) is 12.1 Å². The molecular weight excluding hydrogens is 746 g/mol. The van der Waals surface area contributed by atoms with E-state index in [-0.39, 0.29) is 25.9 Å². The minimum Gasteiger partial charge on any atom is -0.349 e. The van der Waals surface area contributed by atoms with Crippen LogP contribution in [0.1, 0.15) is 11.1 Å². The Kier molecular flexibility index (Phi) is 10.2. The molecule has 220 valence electrons. The lowest BCUT2D eigenvalue weighted by Gasteiger charge is -2.09. The molecule has 0 unspecified atom stereocenters. The average Bonchev–Trinajstić information content (AvgIpc) is 3.39. The Morgan fingerprint density at radius 3 is 1.46 bits per heavy atom. The standard InChI is InChI=1S/C24H18Br2F6N4O2S3/c25-11-1-3-13-15(5-7-33-21(37)23(27,28)29)19(35-17(13)9-11)39-41-40-20-16(6-8-34-22(38)24(30,31)32)14-4-2-12(26)10-18(14)36-20/h1-4,9-10,35-36H,5-8H2,(H,33,37)(H,34,38). The number of halogens is 8. The number of amides is 2. The molecule has 0 bridgehead atoms. The molecule has 2 heterocycles. The van der Waals surface area contributed by atoms with Gasteiger partial charge in [0.1, 0.15) is 0 Å². The third-order valence-electron chi connectivity index (χ3n) is 5.73. The number of aromatic nitrogens is 2. The topological polar surface area (TPSA) is 89.8 Å². The average molecular weight is 764 g/mol. The van der Waals surface area contributed by atoms with Crippen LogP contribution >= 0.6 is 63.3 Å². The van der Waals surface area contributed by atoms with Gasteiger partial charge < -0.3 is 20.6 Å². The molecule has 2 aromatic heterocycles. The second-order valence-corrected chi connectivity index (χ2v) is 14.2. The first-order valence-corrected chi connectivity index (χ1v) is 16.6. The molecule has 0 fully saturated rings. The largest absolute Gasteiger partial charge is 0.471 e. The van der Waals surface area contributed by atoms with Crippen molar-refractivity contribution in [2.24, 2.45) is 0 Å². The molecule has 0 aliphatic carbocycles. The predicted molar refractivity (Wildman–Crippen MR) is 157 cm³/mol. The summed E-state index contributed by atoms with van der Waals surface area (Å²) >= 11 is 6.80. The van der Waals surface area contributed by atoms with E-state index >= 15 is 0 Å². The smallest absolute Gasteiger partial charge is 0.349 e. The van der Waals surface area contributed by atoms with E-state index in [9.17, 15) is 35.9 Å². The zero-order valence-corrected chi connectivity index (χ0v) is 26.0. The van der Waals surface area contributed by atoms with Gasteiger partial charge in [0.15, 0.2) is 0 Å². The second-order valence-electron chi connectivity index (χ2n) is 8.49. The third-order valence-corrected chi connectivity index (χ3v) is 10.5. The van der Waals surface area contributed by atoms with E-state index in [2.05, 4.69) is 41.8 Å². The van der Waals surface area contributed by atoms with Gasteiger partial charge in [0.25, 0.3) is 0 Å². The lowest BCUT2D eigenvalue weighted by molar-refractivity contribution is -0.173. The number of hydrogen-bond acceptors (Lipinski definition) is 5. The Morgan fingerprint density at radius 2 is 1.10 bits per heavy atom. The number of aromatic amines is 2. The first-order valence-electron chi connectivity index (χ1n) is 11.6. The zero-order valence-electron chi connectivity index (χ0n) is 20.4. The van der Waals surface area contributed by atoms with Crippen LogP contribution in [0.15, 0.2) is 55.4 Å². The van der Waals surface area contributed by atoms with Crippen LogP contribution in [-0.4, -0.2) is 47.2 Å². The number of rotatable bonds is 10. The normalized spacial score (nSPS) is 12.3. The van der Waals surface area contributed by atoms with Gasteiger partial charge >= 0.3 is 24.2 Å². The van der Waals surface area contributed by atoms with Crippen molar-refractivity contribution in [2.45, 2.75) is 35.2 Å². The first kappa shape index (κ1) is 32.0. The lowest BCUT2D eigenvalue weighted by atomic mass is 10.1. The monoisotopic (exact) mass is 762 g/mol. The van der Waals surface area contributed by atoms with Gasteiger partial charge in [0, 0.05) is 43.8 Å². The van der Waals surface area contributed by atoms with E-state index in [4.69, 9.17) is 0 Å². The lowest BCUT2D eigenvalue weighted by Crippen LogP contribution is -2.37. The van der Waals surface area contributed by atoms with Crippen LogP contribution in [0, 0.1) is 0 Å². The Hall–Kier alpha value is -1.95. The summed E-state index contributed by atoms with van der Waals surface area (Å²) in [5.41, 5.74) is 2.95. The summed E-state index contributed by atoms with van der Waals surface area (Å²) in [5.74, 6) is -4.02. The molecule has 4 rings (SSSR count). The Bertz CT molecular complexity index is 1470. The summed E-state index contributed by atoms with van der Waals surface area (Å²) in [5, 5.41) is 6.72. The quantitative estimate of drug-likeness (QED) is 0.0970. The van der Waals surface area contributed by atoms with Gasteiger partial charge in [0.2, 0.25) is 0 Å². The minimum atomic E-state index is -4.97. The van der Waals surface area contributed by atoms with Crippen molar-refractivity contribution in [2.75, 3.05) is 13.1 Å². The molecule has 0 aliphatic heterocycles. The van der Waals surface area contributed by atoms with Crippen LogP contribution in [0.2, 0.25) is 0 Å². The number of hydrogen-bond donors (Lipinski definition) is 4. The van der Waals surface area contributed by atoms with Gasteiger partial charge in [-0.15, -0.1) is 0 Å². The van der Waals surface area contributed by atoms with E-state index < -0.39 is 24.2 Å².